The zero-order chi connectivity index (χ0) is 21.0. The van der Waals surface area contributed by atoms with Gasteiger partial charge in [0.1, 0.15) is 0 Å². The van der Waals surface area contributed by atoms with Gasteiger partial charge in [-0.05, 0) is 64.3 Å². The van der Waals surface area contributed by atoms with Crippen LogP contribution in [0.25, 0.3) is 10.9 Å². The molecule has 29 heavy (non-hydrogen) atoms. The number of nitrogens with zero attached hydrogens (tertiary/aromatic N) is 2. The van der Waals surface area contributed by atoms with Crippen molar-refractivity contribution in [2.24, 2.45) is 0 Å². The second-order valence-corrected chi connectivity index (χ2v) is 7.69. The van der Waals surface area contributed by atoms with Crippen LogP contribution in [0.15, 0.2) is 48.7 Å². The summed E-state index contributed by atoms with van der Waals surface area (Å²) in [5, 5.41) is 6.60. The third-order valence-electron chi connectivity index (χ3n) is 4.74. The highest BCUT2D eigenvalue weighted by atomic mass is 16.2. The first kappa shape index (κ1) is 20.6. The molecule has 0 radical (unpaired) electrons. The topological polar surface area (TPSA) is 66.4 Å². The fourth-order valence-electron chi connectivity index (χ4n) is 3.35. The number of anilines is 1. The number of aromatic nitrogens is 1. The molecule has 0 bridgehead atoms. The molecule has 6 nitrogen and oxygen atoms in total. The summed E-state index contributed by atoms with van der Waals surface area (Å²) in [7, 11) is 4.11. The Hall–Kier alpha value is -3.12. The van der Waals surface area contributed by atoms with Crippen molar-refractivity contribution in [1.82, 2.24) is 14.8 Å². The minimum absolute atomic E-state index is 0.0757. The highest BCUT2D eigenvalue weighted by molar-refractivity contribution is 6.00. The lowest BCUT2D eigenvalue weighted by Crippen LogP contribution is -2.32. The summed E-state index contributed by atoms with van der Waals surface area (Å²) in [6.07, 6.45) is 2.06. The molecule has 0 spiro atoms. The van der Waals surface area contributed by atoms with Crippen LogP contribution in [-0.2, 0) is 11.3 Å². The molecule has 0 saturated heterocycles. The summed E-state index contributed by atoms with van der Waals surface area (Å²) < 4.78 is 2.20. The molecule has 0 saturated carbocycles. The quantitative estimate of drug-likeness (QED) is 0.649. The fraction of sp³-hybridized carbons (Fsp3) is 0.304. The van der Waals surface area contributed by atoms with Crippen LogP contribution < -0.4 is 10.6 Å². The van der Waals surface area contributed by atoms with Gasteiger partial charge in [-0.3, -0.25) is 9.59 Å². The molecule has 1 heterocycles. The molecule has 0 aliphatic rings. The van der Waals surface area contributed by atoms with E-state index in [2.05, 4.69) is 40.4 Å². The average molecular weight is 393 g/mol. The van der Waals surface area contributed by atoms with Gasteiger partial charge in [-0.15, -0.1) is 0 Å². The molecule has 152 valence electrons. The Morgan fingerprint density at radius 1 is 1.00 bits per heavy atom. The van der Waals surface area contributed by atoms with Crippen molar-refractivity contribution in [3.63, 3.8) is 0 Å². The van der Waals surface area contributed by atoms with Crippen LogP contribution in [0.1, 0.15) is 21.5 Å². The lowest BCUT2D eigenvalue weighted by molar-refractivity contribution is -0.115. The molecule has 0 aliphatic carbocycles. The van der Waals surface area contributed by atoms with E-state index < -0.39 is 0 Å². The van der Waals surface area contributed by atoms with Gasteiger partial charge in [0.2, 0.25) is 5.91 Å². The van der Waals surface area contributed by atoms with E-state index in [0.29, 0.717) is 11.3 Å². The van der Waals surface area contributed by atoms with Crippen LogP contribution in [0.4, 0.5) is 5.69 Å². The Bertz CT molecular complexity index is 1020. The lowest BCUT2D eigenvalue weighted by Gasteiger charge is -2.11. The maximum atomic E-state index is 12.3. The lowest BCUT2D eigenvalue weighted by atomic mass is 10.1. The van der Waals surface area contributed by atoms with Crippen LogP contribution in [0.3, 0.4) is 0 Å². The predicted octanol–water partition coefficient (Wildman–Crippen LogP) is 3.19. The minimum atomic E-state index is -0.255. The molecule has 3 aromatic rings. The van der Waals surface area contributed by atoms with Gasteiger partial charge in [-0.25, -0.2) is 0 Å². The normalized spacial score (nSPS) is 11.1. The van der Waals surface area contributed by atoms with Crippen LogP contribution in [0, 0.1) is 13.8 Å². The van der Waals surface area contributed by atoms with Crippen molar-refractivity contribution in [2.75, 3.05) is 32.5 Å². The van der Waals surface area contributed by atoms with Crippen LogP contribution in [0.2, 0.25) is 0 Å². The van der Waals surface area contributed by atoms with E-state index in [0.717, 1.165) is 35.1 Å². The SMILES string of the molecule is Cc1cc(C)cc(C(=O)NCC(=O)Nc2ccc3c(ccn3CCN(C)C)c2)c1. The van der Waals surface area contributed by atoms with E-state index in [4.69, 9.17) is 0 Å². The summed E-state index contributed by atoms with van der Waals surface area (Å²) >= 11 is 0. The number of carbonyl (C=O) groups excluding carboxylic acids is 2. The van der Waals surface area contributed by atoms with E-state index in [1.807, 2.05) is 56.3 Å². The predicted molar refractivity (Wildman–Crippen MR) is 117 cm³/mol. The zero-order valence-corrected chi connectivity index (χ0v) is 17.5. The summed E-state index contributed by atoms with van der Waals surface area (Å²) in [4.78, 5) is 26.7. The smallest absolute Gasteiger partial charge is 0.251 e. The molecule has 0 aliphatic heterocycles. The second-order valence-electron chi connectivity index (χ2n) is 7.69. The Morgan fingerprint density at radius 2 is 1.72 bits per heavy atom. The summed E-state index contributed by atoms with van der Waals surface area (Å²) in [5.41, 5.74) is 4.45. The van der Waals surface area contributed by atoms with Gasteiger partial charge in [-0.1, -0.05) is 17.2 Å². The molecule has 0 fully saturated rings. The Kier molecular flexibility index (Phi) is 6.34. The first-order valence-corrected chi connectivity index (χ1v) is 9.72. The highest BCUT2D eigenvalue weighted by Gasteiger charge is 2.10. The maximum absolute atomic E-state index is 12.3. The number of benzene rings is 2. The number of hydrogen-bond acceptors (Lipinski definition) is 3. The van der Waals surface area contributed by atoms with Gasteiger partial charge in [0.25, 0.3) is 5.91 Å². The number of fused-ring (bicyclic) bond motifs is 1. The molecule has 2 aromatic carbocycles. The second kappa shape index (κ2) is 8.92. The third kappa shape index (κ3) is 5.45. The molecule has 2 N–H and O–H groups in total. The van der Waals surface area contributed by atoms with Crippen molar-refractivity contribution >= 4 is 28.4 Å². The van der Waals surface area contributed by atoms with E-state index in [9.17, 15) is 9.59 Å². The van der Waals surface area contributed by atoms with E-state index >= 15 is 0 Å². The molecule has 0 atom stereocenters. The Labute approximate surface area is 171 Å². The van der Waals surface area contributed by atoms with Gasteiger partial charge in [-0.2, -0.15) is 0 Å². The third-order valence-corrected chi connectivity index (χ3v) is 4.74. The molecular weight excluding hydrogens is 364 g/mol. The van der Waals surface area contributed by atoms with E-state index in [1.165, 1.54) is 0 Å². The number of aryl methyl sites for hydroxylation is 2. The van der Waals surface area contributed by atoms with Crippen molar-refractivity contribution < 1.29 is 9.59 Å². The van der Waals surface area contributed by atoms with Crippen LogP contribution >= 0.6 is 0 Å². The Morgan fingerprint density at radius 3 is 2.41 bits per heavy atom. The number of hydrogen-bond donors (Lipinski definition) is 2. The first-order chi connectivity index (χ1) is 13.8. The van der Waals surface area contributed by atoms with Gasteiger partial charge < -0.3 is 20.1 Å². The summed E-state index contributed by atoms with van der Waals surface area (Å²) in [6.45, 7) is 5.68. The first-order valence-electron chi connectivity index (χ1n) is 9.72. The number of nitrogens with one attached hydrogen (secondary N) is 2. The van der Waals surface area contributed by atoms with Crippen LogP contribution in [-0.4, -0.2) is 48.5 Å². The zero-order valence-electron chi connectivity index (χ0n) is 17.5. The molecule has 1 aromatic heterocycles. The summed E-state index contributed by atoms with van der Waals surface area (Å²) in [5.74, 6) is -0.505. The molecule has 6 heteroatoms. The molecule has 0 unspecified atom stereocenters. The highest BCUT2D eigenvalue weighted by Crippen LogP contribution is 2.20. The monoisotopic (exact) mass is 392 g/mol. The fourth-order valence-corrected chi connectivity index (χ4v) is 3.35. The van der Waals surface area contributed by atoms with Crippen molar-refractivity contribution in [3.8, 4) is 0 Å². The molecule has 2 amide bonds. The van der Waals surface area contributed by atoms with E-state index in [-0.39, 0.29) is 18.4 Å². The minimum Gasteiger partial charge on any atom is -0.346 e. The maximum Gasteiger partial charge on any atom is 0.251 e. The number of likely N-dealkylation sites (N-methyl/N-ethyl adjacent to an activating group) is 1. The van der Waals surface area contributed by atoms with Crippen molar-refractivity contribution in [2.45, 2.75) is 20.4 Å². The number of carbonyl (C=O) groups is 2. The van der Waals surface area contributed by atoms with Gasteiger partial charge in [0.15, 0.2) is 0 Å². The van der Waals surface area contributed by atoms with Gasteiger partial charge in [0, 0.05) is 41.4 Å². The van der Waals surface area contributed by atoms with Gasteiger partial charge in [0.05, 0.1) is 6.54 Å². The largest absolute Gasteiger partial charge is 0.346 e. The summed E-state index contributed by atoms with van der Waals surface area (Å²) in [6, 6.07) is 13.5. The Balaban J connectivity index is 1.58. The van der Waals surface area contributed by atoms with Crippen molar-refractivity contribution in [3.05, 3.63) is 65.4 Å². The van der Waals surface area contributed by atoms with E-state index in [1.54, 1.807) is 0 Å². The molecular formula is C23H28N4O2. The van der Waals surface area contributed by atoms with Gasteiger partial charge >= 0.3 is 0 Å². The van der Waals surface area contributed by atoms with Crippen LogP contribution in [0.5, 0.6) is 0 Å². The van der Waals surface area contributed by atoms with Crippen molar-refractivity contribution in [1.29, 1.82) is 0 Å². The molecule has 3 rings (SSSR count). The standard InChI is InChI=1S/C23H28N4O2/c1-16-11-17(2)13-19(12-16)23(29)24-15-22(28)25-20-5-6-21-18(14-20)7-8-27(21)10-9-26(3)4/h5-8,11-14H,9-10,15H2,1-4H3,(H,24,29)(H,25,28). The number of rotatable bonds is 7. The number of amides is 2. The average Bonchev–Trinajstić information content (AvgIpc) is 3.06.